The Labute approximate surface area is 229 Å². The van der Waals surface area contributed by atoms with E-state index in [1.54, 1.807) is 30.3 Å². The zero-order valence-electron chi connectivity index (χ0n) is 21.5. The molecule has 0 radical (unpaired) electrons. The number of rotatable bonds is 17. The Morgan fingerprint density at radius 3 is 1.93 bits per heavy atom. The lowest BCUT2D eigenvalue weighted by Crippen LogP contribution is -2.57. The number of aromatic nitrogens is 2. The third-order valence-electron chi connectivity index (χ3n) is 5.82. The number of hydrogen-bond acceptors (Lipinski definition) is 8. The summed E-state index contributed by atoms with van der Waals surface area (Å²) < 4.78 is 0. The van der Waals surface area contributed by atoms with Gasteiger partial charge in [0.25, 0.3) is 0 Å². The van der Waals surface area contributed by atoms with Crippen LogP contribution in [0.3, 0.4) is 0 Å². The predicted octanol–water partition coefficient (Wildman–Crippen LogP) is -1.81. The fourth-order valence-electron chi connectivity index (χ4n) is 3.69. The highest BCUT2D eigenvalue weighted by atomic mass is 16.4. The summed E-state index contributed by atoms with van der Waals surface area (Å²) in [5.74, 6) is -5.92. The van der Waals surface area contributed by atoms with Crippen molar-refractivity contribution in [1.29, 1.82) is 0 Å². The van der Waals surface area contributed by atoms with E-state index in [4.69, 9.17) is 16.6 Å². The third kappa shape index (κ3) is 10.9. The van der Waals surface area contributed by atoms with Crippen LogP contribution >= 0.6 is 0 Å². The molecular weight excluding hydrogens is 526 g/mol. The number of carboxylic acids is 2. The highest BCUT2D eigenvalue weighted by Gasteiger charge is 2.31. The number of H-pyrrole nitrogens is 1. The molecule has 0 bridgehead atoms. The number of carboxylic acid groups (broad SMARTS) is 2. The number of nitrogens with zero attached hydrogens (tertiary/aromatic N) is 1. The van der Waals surface area contributed by atoms with Gasteiger partial charge in [-0.1, -0.05) is 30.3 Å². The maximum absolute atomic E-state index is 13.1. The van der Waals surface area contributed by atoms with Crippen LogP contribution in [0.25, 0.3) is 0 Å². The van der Waals surface area contributed by atoms with Crippen molar-refractivity contribution in [2.24, 2.45) is 11.5 Å². The summed E-state index contributed by atoms with van der Waals surface area (Å²) in [7, 11) is 0. The van der Waals surface area contributed by atoms with Crippen molar-refractivity contribution in [1.82, 2.24) is 25.9 Å². The first-order chi connectivity index (χ1) is 19.0. The number of nitrogens with one attached hydrogen (secondary N) is 4. The van der Waals surface area contributed by atoms with E-state index in [9.17, 15) is 33.9 Å². The van der Waals surface area contributed by atoms with Crippen molar-refractivity contribution >= 4 is 35.6 Å². The number of primary amides is 1. The Morgan fingerprint density at radius 1 is 0.825 bits per heavy atom. The van der Waals surface area contributed by atoms with E-state index in [1.165, 1.54) is 12.5 Å². The Bertz CT molecular complexity index is 1170. The van der Waals surface area contributed by atoms with Crippen LogP contribution in [0.4, 0.5) is 0 Å². The molecule has 4 atom stereocenters. The van der Waals surface area contributed by atoms with Crippen molar-refractivity contribution in [2.45, 2.75) is 62.7 Å². The van der Waals surface area contributed by atoms with E-state index in [0.717, 1.165) is 0 Å². The molecule has 40 heavy (non-hydrogen) atoms. The Hall–Kier alpha value is -4.79. The lowest BCUT2D eigenvalue weighted by molar-refractivity contribution is -0.142. The van der Waals surface area contributed by atoms with Crippen LogP contribution in [0.5, 0.6) is 0 Å². The highest BCUT2D eigenvalue weighted by Crippen LogP contribution is 2.07. The topological polar surface area (TPSA) is 260 Å². The molecule has 1 aromatic heterocycles. The number of aromatic amines is 1. The number of imidazole rings is 1. The second-order valence-electron chi connectivity index (χ2n) is 9.04. The van der Waals surface area contributed by atoms with Gasteiger partial charge in [0.2, 0.25) is 23.6 Å². The number of hydrogen-bond donors (Lipinski definition) is 8. The average molecular weight is 560 g/mol. The van der Waals surface area contributed by atoms with Gasteiger partial charge in [-0.2, -0.15) is 0 Å². The molecule has 0 fully saturated rings. The van der Waals surface area contributed by atoms with E-state index >= 15 is 0 Å². The molecule has 0 aliphatic carbocycles. The largest absolute Gasteiger partial charge is 0.481 e. The Morgan fingerprint density at radius 2 is 1.40 bits per heavy atom. The van der Waals surface area contributed by atoms with Crippen LogP contribution in [0.2, 0.25) is 0 Å². The summed E-state index contributed by atoms with van der Waals surface area (Å²) in [5, 5.41) is 25.8. The molecule has 0 saturated heterocycles. The minimum absolute atomic E-state index is 0.0517. The molecule has 15 nitrogen and oxygen atoms in total. The smallest absolute Gasteiger partial charge is 0.326 e. The fourth-order valence-corrected chi connectivity index (χ4v) is 3.69. The molecule has 1 heterocycles. The van der Waals surface area contributed by atoms with Crippen LogP contribution in [-0.4, -0.2) is 79.9 Å². The molecule has 15 heteroatoms. The summed E-state index contributed by atoms with van der Waals surface area (Å²) >= 11 is 0. The number of carbonyl (C=O) groups excluding carboxylic acids is 4. The van der Waals surface area contributed by atoms with Crippen LogP contribution < -0.4 is 27.4 Å². The second kappa shape index (κ2) is 15.6. The molecule has 0 spiro atoms. The first-order valence-electron chi connectivity index (χ1n) is 12.4. The monoisotopic (exact) mass is 559 g/mol. The lowest BCUT2D eigenvalue weighted by atomic mass is 10.0. The second-order valence-corrected chi connectivity index (χ2v) is 9.04. The summed E-state index contributed by atoms with van der Waals surface area (Å²) in [6.07, 6.45) is 1.44. The van der Waals surface area contributed by atoms with E-state index in [-0.39, 0.29) is 32.1 Å². The van der Waals surface area contributed by atoms with E-state index in [0.29, 0.717) is 11.3 Å². The first kappa shape index (κ1) is 31.4. The van der Waals surface area contributed by atoms with Crippen molar-refractivity contribution in [3.8, 4) is 0 Å². The maximum atomic E-state index is 13.1. The SMILES string of the molecule is NC(=O)CCC(NC(=O)C(CCC(=O)O)NC(=O)C(N)Cc1cnc[nH]1)C(=O)NC(Cc1ccccc1)C(=O)O. The number of aliphatic carboxylic acids is 2. The third-order valence-corrected chi connectivity index (χ3v) is 5.82. The molecule has 2 aromatic rings. The van der Waals surface area contributed by atoms with Crippen molar-refractivity contribution in [3.05, 3.63) is 54.1 Å². The number of nitrogens with two attached hydrogens (primary N) is 2. The first-order valence-corrected chi connectivity index (χ1v) is 12.4. The summed E-state index contributed by atoms with van der Waals surface area (Å²) in [6.45, 7) is 0. The quantitative estimate of drug-likeness (QED) is 0.108. The maximum Gasteiger partial charge on any atom is 0.326 e. The van der Waals surface area contributed by atoms with Gasteiger partial charge in [-0.15, -0.1) is 0 Å². The van der Waals surface area contributed by atoms with Gasteiger partial charge in [0.15, 0.2) is 0 Å². The van der Waals surface area contributed by atoms with Crippen LogP contribution in [0.15, 0.2) is 42.9 Å². The van der Waals surface area contributed by atoms with Gasteiger partial charge < -0.3 is 42.6 Å². The van der Waals surface area contributed by atoms with Gasteiger partial charge in [-0.25, -0.2) is 9.78 Å². The molecule has 2 rings (SSSR count). The lowest BCUT2D eigenvalue weighted by Gasteiger charge is -2.25. The highest BCUT2D eigenvalue weighted by molar-refractivity contribution is 5.94. The standard InChI is InChI=1S/C25H33N7O8/c26-16(11-15-12-28-13-29-15)22(36)30-18(7-9-21(34)35)23(37)31-17(6-8-20(27)33)24(38)32-19(25(39)40)10-14-4-2-1-3-5-14/h1-5,12-13,16-19H,6-11,26H2,(H2,27,33)(H,28,29)(H,30,36)(H,31,37)(H,32,38)(H,34,35)(H,39,40). The minimum atomic E-state index is -1.42. The molecule has 0 saturated carbocycles. The van der Waals surface area contributed by atoms with Crippen molar-refractivity contribution in [3.63, 3.8) is 0 Å². The zero-order valence-corrected chi connectivity index (χ0v) is 21.5. The van der Waals surface area contributed by atoms with E-state index in [2.05, 4.69) is 25.9 Å². The van der Waals surface area contributed by atoms with Crippen LogP contribution in [-0.2, 0) is 41.6 Å². The van der Waals surface area contributed by atoms with Crippen molar-refractivity contribution < 1.29 is 39.0 Å². The Balaban J connectivity index is 2.16. The molecule has 216 valence electrons. The van der Waals surface area contributed by atoms with Crippen LogP contribution in [0, 0.1) is 0 Å². The molecule has 0 aliphatic rings. The number of benzene rings is 1. The predicted molar refractivity (Wildman–Crippen MR) is 139 cm³/mol. The van der Waals surface area contributed by atoms with Crippen LogP contribution in [0.1, 0.15) is 36.9 Å². The van der Waals surface area contributed by atoms with Gasteiger partial charge in [-0.05, 0) is 18.4 Å². The van der Waals surface area contributed by atoms with Gasteiger partial charge in [0.05, 0.1) is 12.4 Å². The zero-order chi connectivity index (χ0) is 29.7. The van der Waals surface area contributed by atoms with Gasteiger partial charge in [0.1, 0.15) is 18.1 Å². The summed E-state index contributed by atoms with van der Waals surface area (Å²) in [5.41, 5.74) is 12.3. The summed E-state index contributed by atoms with van der Waals surface area (Å²) in [4.78, 5) is 79.8. The summed E-state index contributed by atoms with van der Waals surface area (Å²) in [6, 6.07) is 3.24. The molecule has 1 aromatic carbocycles. The van der Waals surface area contributed by atoms with Gasteiger partial charge in [-0.3, -0.25) is 24.0 Å². The van der Waals surface area contributed by atoms with Gasteiger partial charge in [0, 0.05) is 37.6 Å². The molecule has 4 amide bonds. The Kier molecular flexibility index (Phi) is 12.2. The molecule has 0 aliphatic heterocycles. The normalized spacial score (nSPS) is 13.7. The van der Waals surface area contributed by atoms with Gasteiger partial charge >= 0.3 is 11.9 Å². The van der Waals surface area contributed by atoms with E-state index < -0.39 is 66.2 Å². The molecule has 10 N–H and O–H groups in total. The number of amides is 4. The molecule has 4 unspecified atom stereocenters. The molecular formula is C25H33N7O8. The average Bonchev–Trinajstić information content (AvgIpc) is 3.41. The minimum Gasteiger partial charge on any atom is -0.481 e. The van der Waals surface area contributed by atoms with Crippen molar-refractivity contribution in [2.75, 3.05) is 0 Å². The van der Waals surface area contributed by atoms with E-state index in [1.807, 2.05) is 0 Å². The number of carbonyl (C=O) groups is 6. The fraction of sp³-hybridized carbons (Fsp3) is 0.400.